The number of fused-ring (bicyclic) bond motifs is 1. The molecule has 20 heavy (non-hydrogen) atoms. The van der Waals surface area contributed by atoms with Crippen molar-refractivity contribution in [2.45, 2.75) is 68.9 Å². The molecule has 110 valence electrons. The first-order valence-corrected chi connectivity index (χ1v) is 8.01. The number of aryl methyl sites for hydroxylation is 1. The first-order chi connectivity index (χ1) is 9.77. The first-order valence-electron chi connectivity index (χ1n) is 8.01. The average molecular weight is 274 g/mol. The fourth-order valence-electron chi connectivity index (χ4n) is 4.19. The Kier molecular flexibility index (Phi) is 4.08. The normalized spacial score (nSPS) is 26.8. The maximum atomic E-state index is 6.72. The van der Waals surface area contributed by atoms with Gasteiger partial charge in [0.15, 0.2) is 0 Å². The number of nitrogens with two attached hydrogens (primary N) is 1. The van der Waals surface area contributed by atoms with Gasteiger partial charge in [-0.05, 0) is 43.7 Å². The summed E-state index contributed by atoms with van der Waals surface area (Å²) >= 11 is 0. The second kappa shape index (κ2) is 5.82. The summed E-state index contributed by atoms with van der Waals surface area (Å²) in [7, 11) is 1.84. The Hall–Kier alpha value is -0.930. The van der Waals surface area contributed by atoms with Crippen LogP contribution in [0.25, 0.3) is 0 Å². The zero-order chi connectivity index (χ0) is 14.0. The van der Waals surface area contributed by atoms with E-state index >= 15 is 0 Å². The number of rotatable bonds is 3. The van der Waals surface area contributed by atoms with Crippen LogP contribution in [0, 0.1) is 0 Å². The van der Waals surface area contributed by atoms with E-state index in [0.717, 1.165) is 25.7 Å². The highest BCUT2D eigenvalue weighted by molar-refractivity contribution is 5.28. The minimum absolute atomic E-state index is 0.0711. The second-order valence-corrected chi connectivity index (χ2v) is 6.40. The van der Waals surface area contributed by atoms with E-state index in [9.17, 15) is 0 Å². The maximum absolute atomic E-state index is 6.72. The van der Waals surface area contributed by atoms with E-state index in [0.29, 0.717) is 5.92 Å². The van der Waals surface area contributed by atoms with Crippen LogP contribution in [0.3, 0.4) is 0 Å². The summed E-state index contributed by atoms with van der Waals surface area (Å²) in [5.74, 6) is 0.359. The summed E-state index contributed by atoms with van der Waals surface area (Å²) in [5.41, 5.74) is 9.21. The van der Waals surface area contributed by atoms with Crippen molar-refractivity contribution in [3.05, 3.63) is 29.6 Å². The van der Waals surface area contributed by atoms with Crippen LogP contribution in [0.4, 0.5) is 0 Å². The van der Waals surface area contributed by atoms with E-state index in [2.05, 4.69) is 11.1 Å². The van der Waals surface area contributed by atoms with E-state index in [1.165, 1.54) is 36.9 Å². The van der Waals surface area contributed by atoms with Crippen LogP contribution < -0.4 is 5.73 Å². The molecular formula is C17H26N2O. The Balaban J connectivity index is 1.88. The lowest BCUT2D eigenvalue weighted by molar-refractivity contribution is -0.0656. The molecule has 3 heteroatoms. The molecule has 1 saturated carbocycles. The molecule has 3 rings (SSSR count). The molecule has 1 aromatic heterocycles. The van der Waals surface area contributed by atoms with Crippen LogP contribution in [0.5, 0.6) is 0 Å². The molecule has 0 spiro atoms. The quantitative estimate of drug-likeness (QED) is 0.921. The minimum Gasteiger partial charge on any atom is -0.377 e. The number of pyridine rings is 1. The molecule has 2 N–H and O–H groups in total. The van der Waals surface area contributed by atoms with Crippen molar-refractivity contribution in [3.63, 3.8) is 0 Å². The Morgan fingerprint density at radius 1 is 1.30 bits per heavy atom. The van der Waals surface area contributed by atoms with Crippen molar-refractivity contribution in [1.82, 2.24) is 4.98 Å². The van der Waals surface area contributed by atoms with Crippen molar-refractivity contribution in [3.8, 4) is 0 Å². The van der Waals surface area contributed by atoms with Gasteiger partial charge < -0.3 is 10.5 Å². The zero-order valence-corrected chi connectivity index (χ0v) is 12.5. The zero-order valence-electron chi connectivity index (χ0n) is 12.5. The van der Waals surface area contributed by atoms with Crippen LogP contribution in [0.1, 0.15) is 62.1 Å². The van der Waals surface area contributed by atoms with Gasteiger partial charge in [-0.2, -0.15) is 0 Å². The summed E-state index contributed by atoms with van der Waals surface area (Å²) in [6, 6.07) is 4.32. The highest BCUT2D eigenvalue weighted by Crippen LogP contribution is 2.42. The van der Waals surface area contributed by atoms with Gasteiger partial charge in [0.25, 0.3) is 0 Å². The Morgan fingerprint density at radius 2 is 2.10 bits per heavy atom. The molecule has 0 amide bonds. The van der Waals surface area contributed by atoms with Gasteiger partial charge in [-0.3, -0.25) is 4.98 Å². The number of aromatic nitrogens is 1. The highest BCUT2D eigenvalue weighted by Gasteiger charge is 2.43. The third-order valence-electron chi connectivity index (χ3n) is 5.39. The number of hydrogen-bond acceptors (Lipinski definition) is 3. The van der Waals surface area contributed by atoms with Gasteiger partial charge in [-0.1, -0.05) is 25.3 Å². The Bertz CT molecular complexity index is 454. The predicted molar refractivity (Wildman–Crippen MR) is 80.7 cm³/mol. The molecule has 0 aromatic carbocycles. The van der Waals surface area contributed by atoms with E-state index < -0.39 is 0 Å². The van der Waals surface area contributed by atoms with Gasteiger partial charge in [-0.25, -0.2) is 0 Å². The van der Waals surface area contributed by atoms with Crippen molar-refractivity contribution in [2.24, 2.45) is 5.73 Å². The smallest absolute Gasteiger partial charge is 0.0835 e. The summed E-state index contributed by atoms with van der Waals surface area (Å²) < 4.78 is 5.96. The Labute approximate surface area is 121 Å². The van der Waals surface area contributed by atoms with E-state index in [4.69, 9.17) is 10.5 Å². The van der Waals surface area contributed by atoms with Crippen molar-refractivity contribution >= 4 is 0 Å². The number of ether oxygens (including phenoxy) is 1. The molecule has 3 nitrogen and oxygen atoms in total. The molecule has 0 radical (unpaired) electrons. The Morgan fingerprint density at radius 3 is 2.85 bits per heavy atom. The van der Waals surface area contributed by atoms with Gasteiger partial charge >= 0.3 is 0 Å². The molecule has 2 unspecified atom stereocenters. The first kappa shape index (κ1) is 14.0. The summed E-state index contributed by atoms with van der Waals surface area (Å²) in [4.78, 5) is 4.65. The molecule has 2 aliphatic rings. The fraction of sp³-hybridized carbons (Fsp3) is 0.706. The number of nitrogens with zero attached hydrogens (tertiary/aromatic N) is 1. The molecule has 1 fully saturated rings. The van der Waals surface area contributed by atoms with E-state index in [-0.39, 0.29) is 11.6 Å². The SMILES string of the molecule is COC1(C(N)C2CCCc3cccnc32)CCCCC1. The second-order valence-electron chi connectivity index (χ2n) is 6.40. The van der Waals surface area contributed by atoms with Crippen molar-refractivity contribution in [1.29, 1.82) is 0 Å². The molecular weight excluding hydrogens is 248 g/mol. The molecule has 2 aliphatic carbocycles. The van der Waals surface area contributed by atoms with Crippen LogP contribution in [0.2, 0.25) is 0 Å². The molecule has 1 heterocycles. The predicted octanol–water partition coefficient (Wildman–Crippen LogP) is 3.18. The van der Waals surface area contributed by atoms with Crippen LogP contribution in [-0.4, -0.2) is 23.7 Å². The maximum Gasteiger partial charge on any atom is 0.0835 e. The number of methoxy groups -OCH3 is 1. The molecule has 2 atom stereocenters. The van der Waals surface area contributed by atoms with E-state index in [1.54, 1.807) is 0 Å². The highest BCUT2D eigenvalue weighted by atomic mass is 16.5. The van der Waals surface area contributed by atoms with Gasteiger partial charge in [0, 0.05) is 31.0 Å². The summed E-state index contributed by atoms with van der Waals surface area (Å²) in [6.45, 7) is 0. The molecule has 0 aliphatic heterocycles. The van der Waals surface area contributed by atoms with Crippen LogP contribution in [0.15, 0.2) is 18.3 Å². The largest absolute Gasteiger partial charge is 0.377 e. The van der Waals surface area contributed by atoms with Gasteiger partial charge in [0.1, 0.15) is 0 Å². The van der Waals surface area contributed by atoms with Gasteiger partial charge in [-0.15, -0.1) is 0 Å². The molecule has 0 saturated heterocycles. The number of hydrogen-bond donors (Lipinski definition) is 1. The van der Waals surface area contributed by atoms with Crippen molar-refractivity contribution in [2.75, 3.05) is 7.11 Å². The molecule has 0 bridgehead atoms. The lowest BCUT2D eigenvalue weighted by atomic mass is 9.70. The summed E-state index contributed by atoms with van der Waals surface area (Å²) in [6.07, 6.45) is 11.4. The van der Waals surface area contributed by atoms with E-state index in [1.807, 2.05) is 19.4 Å². The van der Waals surface area contributed by atoms with Crippen LogP contribution >= 0.6 is 0 Å². The lowest BCUT2D eigenvalue weighted by Crippen LogP contribution is -2.54. The third kappa shape index (κ3) is 2.38. The van der Waals surface area contributed by atoms with Crippen LogP contribution in [-0.2, 0) is 11.2 Å². The monoisotopic (exact) mass is 274 g/mol. The standard InChI is InChI=1S/C17H26N2O/c1-20-17(10-3-2-4-11-17)16(18)14-9-5-7-13-8-6-12-19-15(13)14/h6,8,12,14,16H,2-5,7,9-11,18H2,1H3. The summed E-state index contributed by atoms with van der Waals surface area (Å²) in [5, 5.41) is 0. The average Bonchev–Trinajstić information content (AvgIpc) is 2.54. The van der Waals surface area contributed by atoms with Gasteiger partial charge in [0.05, 0.1) is 5.60 Å². The van der Waals surface area contributed by atoms with Gasteiger partial charge in [0.2, 0.25) is 0 Å². The molecule has 1 aromatic rings. The minimum atomic E-state index is -0.130. The lowest BCUT2D eigenvalue weighted by Gasteiger charge is -2.45. The third-order valence-corrected chi connectivity index (χ3v) is 5.39. The topological polar surface area (TPSA) is 48.1 Å². The van der Waals surface area contributed by atoms with Crippen molar-refractivity contribution < 1.29 is 4.74 Å². The fourth-order valence-corrected chi connectivity index (χ4v) is 4.19.